The van der Waals surface area contributed by atoms with Crippen LogP contribution in [0.4, 0.5) is 5.69 Å². The Hall–Kier alpha value is -0.580. The van der Waals surface area contributed by atoms with Crippen LogP contribution in [-0.2, 0) is 0 Å². The molecule has 3 nitrogen and oxygen atoms in total. The number of rotatable bonds is 4. The maximum Gasteiger partial charge on any atom is 0.0834 e. The predicted octanol–water partition coefficient (Wildman–Crippen LogP) is 1.18. The molecule has 1 aromatic carbocycles. The van der Waals surface area contributed by atoms with Crippen LogP contribution in [0.5, 0.6) is 0 Å². The number of nitrogens with one attached hydrogen (secondary N) is 1. The number of nitrogens with two attached hydrogens (primary N) is 1. The third-order valence-electron chi connectivity index (χ3n) is 1.66. The van der Waals surface area contributed by atoms with Crippen LogP contribution in [0.25, 0.3) is 0 Å². The van der Waals surface area contributed by atoms with E-state index in [1.165, 1.54) is 0 Å². The lowest BCUT2D eigenvalue weighted by molar-refractivity contribution is 0.196. The van der Waals surface area contributed by atoms with Gasteiger partial charge in [0.2, 0.25) is 0 Å². The van der Waals surface area contributed by atoms with Crippen molar-refractivity contribution >= 4 is 21.6 Å². The number of hydrogen-bond donors (Lipinski definition) is 3. The van der Waals surface area contributed by atoms with Gasteiger partial charge in [-0.25, -0.2) is 0 Å². The van der Waals surface area contributed by atoms with Crippen LogP contribution in [0.15, 0.2) is 28.7 Å². The Morgan fingerprint density at radius 1 is 1.38 bits per heavy atom. The molecule has 0 aliphatic rings. The normalized spacial score (nSPS) is 12.5. The van der Waals surface area contributed by atoms with Gasteiger partial charge >= 0.3 is 0 Å². The summed E-state index contributed by atoms with van der Waals surface area (Å²) in [7, 11) is 0. The van der Waals surface area contributed by atoms with Crippen molar-refractivity contribution in [2.45, 2.75) is 6.10 Å². The van der Waals surface area contributed by atoms with E-state index in [1.54, 1.807) is 0 Å². The summed E-state index contributed by atoms with van der Waals surface area (Å²) in [5, 5.41) is 12.2. The quantitative estimate of drug-likeness (QED) is 0.746. The Morgan fingerprint density at radius 3 is 2.54 bits per heavy atom. The number of aliphatic hydroxyl groups is 1. The molecule has 0 saturated heterocycles. The van der Waals surface area contributed by atoms with Crippen molar-refractivity contribution in [1.82, 2.24) is 0 Å². The zero-order valence-corrected chi connectivity index (χ0v) is 8.79. The maximum absolute atomic E-state index is 9.18. The van der Waals surface area contributed by atoms with Crippen molar-refractivity contribution in [3.63, 3.8) is 0 Å². The molecule has 0 bridgehead atoms. The molecule has 1 unspecified atom stereocenters. The van der Waals surface area contributed by atoms with Crippen molar-refractivity contribution in [1.29, 1.82) is 0 Å². The number of aliphatic hydroxyl groups excluding tert-OH is 1. The van der Waals surface area contributed by atoms with Gasteiger partial charge in [-0.05, 0) is 24.3 Å². The lowest BCUT2D eigenvalue weighted by Crippen LogP contribution is -2.27. The number of halogens is 1. The Balaban J connectivity index is 2.41. The number of hydrogen-bond acceptors (Lipinski definition) is 3. The molecule has 0 spiro atoms. The molecule has 4 N–H and O–H groups in total. The summed E-state index contributed by atoms with van der Waals surface area (Å²) in [6, 6.07) is 7.76. The van der Waals surface area contributed by atoms with Crippen LogP contribution in [0.1, 0.15) is 0 Å². The predicted molar refractivity (Wildman–Crippen MR) is 57.7 cm³/mol. The minimum Gasteiger partial charge on any atom is -0.390 e. The number of anilines is 1. The van der Waals surface area contributed by atoms with E-state index in [0.717, 1.165) is 10.2 Å². The van der Waals surface area contributed by atoms with Gasteiger partial charge < -0.3 is 16.2 Å². The van der Waals surface area contributed by atoms with Crippen molar-refractivity contribution in [2.75, 3.05) is 18.4 Å². The van der Waals surface area contributed by atoms with Crippen LogP contribution in [-0.4, -0.2) is 24.3 Å². The highest BCUT2D eigenvalue weighted by Gasteiger charge is 1.99. The van der Waals surface area contributed by atoms with Gasteiger partial charge in [0.05, 0.1) is 6.10 Å². The summed E-state index contributed by atoms with van der Waals surface area (Å²) in [6.45, 7) is 0.766. The van der Waals surface area contributed by atoms with Crippen molar-refractivity contribution in [3.05, 3.63) is 28.7 Å². The summed E-state index contributed by atoms with van der Waals surface area (Å²) in [4.78, 5) is 0. The van der Waals surface area contributed by atoms with E-state index in [2.05, 4.69) is 21.2 Å². The SMILES string of the molecule is NCC(O)CNc1ccc(Br)cc1. The molecular weight excluding hydrogens is 232 g/mol. The van der Waals surface area contributed by atoms with Gasteiger partial charge in [-0.15, -0.1) is 0 Å². The number of benzene rings is 1. The summed E-state index contributed by atoms with van der Waals surface area (Å²) in [5.74, 6) is 0. The van der Waals surface area contributed by atoms with Crippen molar-refractivity contribution in [2.24, 2.45) is 5.73 Å². The first kappa shape index (κ1) is 10.5. The second-order valence-electron chi connectivity index (χ2n) is 2.78. The van der Waals surface area contributed by atoms with Gasteiger partial charge in [0, 0.05) is 23.2 Å². The van der Waals surface area contributed by atoms with Crippen LogP contribution in [0.2, 0.25) is 0 Å². The molecule has 1 rings (SSSR count). The third kappa shape index (κ3) is 3.76. The fraction of sp³-hybridized carbons (Fsp3) is 0.333. The molecule has 0 amide bonds. The van der Waals surface area contributed by atoms with E-state index < -0.39 is 6.10 Å². The minimum absolute atomic E-state index is 0.281. The highest BCUT2D eigenvalue weighted by atomic mass is 79.9. The molecule has 1 atom stereocenters. The summed E-state index contributed by atoms with van der Waals surface area (Å²) in [6.07, 6.45) is -0.483. The van der Waals surface area contributed by atoms with Gasteiger partial charge in [0.25, 0.3) is 0 Å². The smallest absolute Gasteiger partial charge is 0.0834 e. The Kier molecular flexibility index (Phi) is 4.21. The van der Waals surface area contributed by atoms with Crippen LogP contribution in [0, 0.1) is 0 Å². The molecule has 72 valence electrons. The Bertz CT molecular complexity index is 250. The second kappa shape index (κ2) is 5.21. The molecule has 0 saturated carbocycles. The molecule has 13 heavy (non-hydrogen) atoms. The maximum atomic E-state index is 9.18. The Labute approximate surface area is 86.1 Å². The molecule has 1 aromatic rings. The topological polar surface area (TPSA) is 58.3 Å². The summed E-state index contributed by atoms with van der Waals surface area (Å²) < 4.78 is 1.04. The lowest BCUT2D eigenvalue weighted by atomic mass is 10.3. The minimum atomic E-state index is -0.483. The van der Waals surface area contributed by atoms with E-state index in [1.807, 2.05) is 24.3 Å². The molecule has 0 radical (unpaired) electrons. The first-order valence-corrected chi connectivity index (χ1v) is 4.89. The second-order valence-corrected chi connectivity index (χ2v) is 3.69. The molecule has 4 heteroatoms. The molecule has 0 aromatic heterocycles. The molecule has 0 heterocycles. The fourth-order valence-corrected chi connectivity index (χ4v) is 1.15. The van der Waals surface area contributed by atoms with E-state index in [4.69, 9.17) is 5.73 Å². The van der Waals surface area contributed by atoms with Crippen molar-refractivity contribution in [3.8, 4) is 0 Å². The van der Waals surface area contributed by atoms with Crippen LogP contribution < -0.4 is 11.1 Å². The average molecular weight is 245 g/mol. The van der Waals surface area contributed by atoms with E-state index in [-0.39, 0.29) is 6.54 Å². The van der Waals surface area contributed by atoms with Gasteiger partial charge in [-0.2, -0.15) is 0 Å². The Morgan fingerprint density at radius 2 is 2.00 bits per heavy atom. The van der Waals surface area contributed by atoms with Gasteiger partial charge in [0.1, 0.15) is 0 Å². The monoisotopic (exact) mass is 244 g/mol. The van der Waals surface area contributed by atoms with Crippen molar-refractivity contribution < 1.29 is 5.11 Å². The van der Waals surface area contributed by atoms with Gasteiger partial charge in [-0.3, -0.25) is 0 Å². The largest absolute Gasteiger partial charge is 0.390 e. The first-order chi connectivity index (χ1) is 6.22. The molecular formula is C9H13BrN2O. The molecule has 0 fully saturated rings. The van der Waals surface area contributed by atoms with E-state index in [0.29, 0.717) is 6.54 Å². The van der Waals surface area contributed by atoms with E-state index >= 15 is 0 Å². The summed E-state index contributed by atoms with van der Waals surface area (Å²) >= 11 is 3.34. The standard InChI is InChI=1S/C9H13BrN2O/c10-7-1-3-8(4-2-7)12-6-9(13)5-11/h1-4,9,12-13H,5-6,11H2. The zero-order valence-electron chi connectivity index (χ0n) is 7.20. The highest BCUT2D eigenvalue weighted by Crippen LogP contribution is 2.13. The highest BCUT2D eigenvalue weighted by molar-refractivity contribution is 9.10. The van der Waals surface area contributed by atoms with Gasteiger partial charge in [0.15, 0.2) is 0 Å². The fourth-order valence-electron chi connectivity index (χ4n) is 0.887. The van der Waals surface area contributed by atoms with Gasteiger partial charge in [-0.1, -0.05) is 15.9 Å². The lowest BCUT2D eigenvalue weighted by Gasteiger charge is -2.10. The molecule has 0 aliphatic heterocycles. The van der Waals surface area contributed by atoms with E-state index in [9.17, 15) is 5.11 Å². The first-order valence-electron chi connectivity index (χ1n) is 4.10. The molecule has 0 aliphatic carbocycles. The van der Waals surface area contributed by atoms with Crippen LogP contribution >= 0.6 is 15.9 Å². The summed E-state index contributed by atoms with van der Waals surface area (Å²) in [5.41, 5.74) is 6.24. The van der Waals surface area contributed by atoms with Crippen LogP contribution in [0.3, 0.4) is 0 Å². The average Bonchev–Trinajstić information content (AvgIpc) is 2.16. The zero-order chi connectivity index (χ0) is 9.68. The third-order valence-corrected chi connectivity index (χ3v) is 2.19.